The van der Waals surface area contributed by atoms with Gasteiger partial charge in [-0.2, -0.15) is 0 Å². The number of unbranched alkanes of at least 4 members (excludes halogenated alkanes) is 8. The Balaban J connectivity index is 1.53. The molecule has 0 aliphatic rings. The molecule has 0 spiro atoms. The lowest BCUT2D eigenvalue weighted by atomic mass is 9.92. The fraction of sp³-hybridized carbons (Fsp3) is 0.438. The predicted octanol–water partition coefficient (Wildman–Crippen LogP) is 15.5. The lowest BCUT2D eigenvalue weighted by molar-refractivity contribution is 0.623. The van der Waals surface area contributed by atoms with Crippen molar-refractivity contribution in [3.8, 4) is 0 Å². The SMILES string of the molecule is CCCCCCCc1c(CCCCCCC)c2sc3sc4scc(Br)c4c3c2c2c1sc1sc3scc(Br)c3c12. The Bertz CT molecular complexity index is 1830. The van der Waals surface area contributed by atoms with Gasteiger partial charge in [0.25, 0.3) is 0 Å². The molecule has 40 heavy (non-hydrogen) atoms. The van der Waals surface area contributed by atoms with Gasteiger partial charge in [-0.1, -0.05) is 65.2 Å². The molecular weight excluding hydrogens is 737 g/mol. The number of halogens is 2. The van der Waals surface area contributed by atoms with E-state index in [9.17, 15) is 0 Å². The van der Waals surface area contributed by atoms with E-state index in [1.54, 1.807) is 31.3 Å². The molecule has 7 rings (SSSR count). The molecule has 6 heterocycles. The molecule has 7 aromatic rings. The van der Waals surface area contributed by atoms with Crippen molar-refractivity contribution in [2.75, 3.05) is 0 Å². The molecule has 0 radical (unpaired) electrons. The minimum absolute atomic E-state index is 1.23. The summed E-state index contributed by atoms with van der Waals surface area (Å²) in [5, 5.41) is 13.6. The second kappa shape index (κ2) is 12.1. The first-order valence-electron chi connectivity index (χ1n) is 14.6. The van der Waals surface area contributed by atoms with Crippen molar-refractivity contribution in [1.29, 1.82) is 0 Å². The van der Waals surface area contributed by atoms with Gasteiger partial charge in [-0.05, 0) is 68.7 Å². The van der Waals surface area contributed by atoms with Crippen LogP contribution in [-0.2, 0) is 12.8 Å². The lowest BCUT2D eigenvalue weighted by Gasteiger charge is -2.14. The zero-order chi connectivity index (χ0) is 27.4. The molecule has 8 heteroatoms. The van der Waals surface area contributed by atoms with E-state index in [2.05, 4.69) is 79.1 Å². The summed E-state index contributed by atoms with van der Waals surface area (Å²) in [7, 11) is 0. The maximum absolute atomic E-state index is 3.95. The topological polar surface area (TPSA) is 0 Å². The smallest absolute Gasteiger partial charge is 0.0899 e. The minimum atomic E-state index is 1.23. The Morgan fingerprint density at radius 3 is 1.32 bits per heavy atom. The van der Waals surface area contributed by atoms with Crippen LogP contribution in [0.1, 0.15) is 89.2 Å². The van der Waals surface area contributed by atoms with Gasteiger partial charge in [0.05, 0.1) is 16.1 Å². The molecule has 0 bridgehead atoms. The zero-order valence-electron chi connectivity index (χ0n) is 22.8. The van der Waals surface area contributed by atoms with Crippen molar-refractivity contribution in [2.45, 2.75) is 90.9 Å². The maximum Gasteiger partial charge on any atom is 0.0899 e. The largest absolute Gasteiger partial charge is 0.132 e. The van der Waals surface area contributed by atoms with Gasteiger partial charge in [-0.3, -0.25) is 0 Å². The lowest BCUT2D eigenvalue weighted by Crippen LogP contribution is -1.97. The predicted molar refractivity (Wildman–Crippen MR) is 199 cm³/mol. The summed E-state index contributed by atoms with van der Waals surface area (Å²) in [6.07, 6.45) is 15.9. The van der Waals surface area contributed by atoms with Crippen LogP contribution in [0.25, 0.3) is 57.8 Å². The summed E-state index contributed by atoms with van der Waals surface area (Å²) in [5.41, 5.74) is 3.38. The van der Waals surface area contributed by atoms with E-state index in [0.29, 0.717) is 0 Å². The van der Waals surface area contributed by atoms with Gasteiger partial charge in [0.15, 0.2) is 0 Å². The van der Waals surface area contributed by atoms with E-state index < -0.39 is 0 Å². The second-order valence-electron chi connectivity index (χ2n) is 10.9. The molecule has 210 valence electrons. The highest BCUT2D eigenvalue weighted by Gasteiger charge is 2.27. The van der Waals surface area contributed by atoms with E-state index in [1.807, 2.05) is 45.3 Å². The van der Waals surface area contributed by atoms with Gasteiger partial charge in [-0.15, -0.1) is 68.0 Å². The van der Waals surface area contributed by atoms with Crippen molar-refractivity contribution >= 4 is 158 Å². The first-order chi connectivity index (χ1) is 19.6. The highest BCUT2D eigenvalue weighted by molar-refractivity contribution is 9.11. The van der Waals surface area contributed by atoms with Gasteiger partial charge in [-0.25, -0.2) is 0 Å². The van der Waals surface area contributed by atoms with Crippen LogP contribution in [0.3, 0.4) is 0 Å². The molecule has 0 saturated heterocycles. The van der Waals surface area contributed by atoms with Crippen LogP contribution in [0.5, 0.6) is 0 Å². The highest BCUT2D eigenvalue weighted by atomic mass is 79.9. The molecular formula is C32H32Br2S6. The summed E-state index contributed by atoms with van der Waals surface area (Å²) in [6, 6.07) is 0. The Labute approximate surface area is 276 Å². The number of hydrogen-bond donors (Lipinski definition) is 0. The quantitative estimate of drug-likeness (QED) is 0.109. The summed E-state index contributed by atoms with van der Waals surface area (Å²) < 4.78 is 11.7. The number of rotatable bonds is 12. The van der Waals surface area contributed by atoms with E-state index in [4.69, 9.17) is 0 Å². The van der Waals surface area contributed by atoms with Crippen LogP contribution in [0, 0.1) is 0 Å². The fourth-order valence-corrected chi connectivity index (χ4v) is 16.2. The van der Waals surface area contributed by atoms with Crippen molar-refractivity contribution in [3.05, 3.63) is 30.8 Å². The zero-order valence-corrected chi connectivity index (χ0v) is 30.9. The molecule has 0 aliphatic heterocycles. The van der Waals surface area contributed by atoms with Gasteiger partial charge in [0, 0.05) is 61.4 Å². The number of hydrogen-bond acceptors (Lipinski definition) is 6. The standard InChI is InChI=1S/C32H32Br2S6/c1-3-5-7-9-11-13-17-18(14-12-10-8-6-4-2)28-24(26-22-20(34)16-36-30(22)40-32(26)38-28)23-25-21-19(33)15-35-29(21)39-31(25)37-27(17)23/h15-16H,3-14H2,1-2H3. The third-order valence-electron chi connectivity index (χ3n) is 8.27. The molecule has 0 atom stereocenters. The number of fused-ring (bicyclic) bond motifs is 11. The maximum atomic E-state index is 3.95. The van der Waals surface area contributed by atoms with Crippen molar-refractivity contribution in [1.82, 2.24) is 0 Å². The van der Waals surface area contributed by atoms with Gasteiger partial charge in [0.2, 0.25) is 0 Å². The van der Waals surface area contributed by atoms with Crippen LogP contribution in [0.4, 0.5) is 0 Å². The summed E-state index contributed by atoms with van der Waals surface area (Å²) in [4.78, 5) is 0. The van der Waals surface area contributed by atoms with Crippen molar-refractivity contribution in [3.63, 3.8) is 0 Å². The van der Waals surface area contributed by atoms with Crippen molar-refractivity contribution < 1.29 is 0 Å². The molecule has 0 amide bonds. The van der Waals surface area contributed by atoms with Crippen molar-refractivity contribution in [2.24, 2.45) is 0 Å². The number of aryl methyl sites for hydroxylation is 2. The molecule has 6 aromatic heterocycles. The van der Waals surface area contributed by atoms with Crippen LogP contribution >= 0.6 is 99.9 Å². The Kier molecular flexibility index (Phi) is 8.71. The first kappa shape index (κ1) is 28.7. The van der Waals surface area contributed by atoms with Crippen LogP contribution in [-0.4, -0.2) is 0 Å². The first-order valence-corrected chi connectivity index (χ1v) is 21.2. The fourth-order valence-electron chi connectivity index (χ4n) is 6.34. The molecule has 0 nitrogen and oxygen atoms in total. The number of thiophene rings is 6. The monoisotopic (exact) mass is 766 g/mol. The van der Waals surface area contributed by atoms with Crippen LogP contribution in [0.2, 0.25) is 0 Å². The average molecular weight is 769 g/mol. The molecule has 1 aromatic carbocycles. The van der Waals surface area contributed by atoms with Gasteiger partial charge < -0.3 is 0 Å². The Morgan fingerprint density at radius 1 is 0.475 bits per heavy atom. The molecule has 0 saturated carbocycles. The third kappa shape index (κ3) is 4.79. The summed E-state index contributed by atoms with van der Waals surface area (Å²) >= 11 is 19.9. The van der Waals surface area contributed by atoms with Gasteiger partial charge >= 0.3 is 0 Å². The van der Waals surface area contributed by atoms with Gasteiger partial charge in [0.1, 0.15) is 0 Å². The highest BCUT2D eigenvalue weighted by Crippen LogP contribution is 2.57. The van der Waals surface area contributed by atoms with E-state index in [-0.39, 0.29) is 0 Å². The molecule has 0 N–H and O–H groups in total. The summed E-state index contributed by atoms with van der Waals surface area (Å²) in [5.74, 6) is 0. The number of benzene rings is 1. The van der Waals surface area contributed by atoms with Crippen LogP contribution in [0.15, 0.2) is 19.7 Å². The van der Waals surface area contributed by atoms with Crippen LogP contribution < -0.4 is 0 Å². The third-order valence-corrected chi connectivity index (χ3v) is 17.4. The van der Waals surface area contributed by atoms with E-state index in [0.717, 1.165) is 0 Å². The molecule has 0 aliphatic carbocycles. The molecule has 0 fully saturated rings. The second-order valence-corrected chi connectivity index (χ2v) is 19.5. The van der Waals surface area contributed by atoms with E-state index >= 15 is 0 Å². The minimum Gasteiger partial charge on any atom is -0.132 e. The normalized spacial score (nSPS) is 12.7. The molecule has 0 unspecified atom stereocenters. The Hall–Kier alpha value is -0.0600. The van der Waals surface area contributed by atoms with E-state index in [1.165, 1.54) is 124 Å². The summed E-state index contributed by atoms with van der Waals surface area (Å²) in [6.45, 7) is 4.64. The average Bonchev–Trinajstić information content (AvgIpc) is 3.75. The Morgan fingerprint density at radius 2 is 0.900 bits per heavy atom.